The quantitative estimate of drug-likeness (QED) is 0.481. The number of nitrogens with one attached hydrogen (secondary N) is 1. The van der Waals surface area contributed by atoms with Crippen LogP contribution in [0.4, 0.5) is 5.69 Å². The molecule has 0 amide bonds. The second-order valence-corrected chi connectivity index (χ2v) is 7.71. The van der Waals surface area contributed by atoms with Crippen molar-refractivity contribution in [3.8, 4) is 11.5 Å². The average molecular weight is 453 g/mol. The molecule has 1 N–H and O–H groups in total. The lowest BCUT2D eigenvalue weighted by molar-refractivity contribution is -0.0395. The summed E-state index contributed by atoms with van der Waals surface area (Å²) in [6.07, 6.45) is 1.34. The zero-order chi connectivity index (χ0) is 22.8. The van der Waals surface area contributed by atoms with Gasteiger partial charge in [0.05, 0.1) is 30.8 Å². The first-order chi connectivity index (χ1) is 15.5. The molecule has 2 aliphatic heterocycles. The first-order valence-electron chi connectivity index (χ1n) is 10.2. The van der Waals surface area contributed by atoms with E-state index in [4.69, 9.17) is 35.8 Å². The summed E-state index contributed by atoms with van der Waals surface area (Å²) in [5, 5.41) is 2.50. The highest BCUT2D eigenvalue weighted by Gasteiger charge is 2.31. The van der Waals surface area contributed by atoms with E-state index < -0.39 is 6.29 Å². The summed E-state index contributed by atoms with van der Waals surface area (Å²) >= 11 is 6.59. The van der Waals surface area contributed by atoms with Crippen LogP contribution >= 0.6 is 11.6 Å². The second kappa shape index (κ2) is 9.06. The van der Waals surface area contributed by atoms with E-state index in [-0.39, 0.29) is 0 Å². The number of methoxy groups -OCH3 is 2. The van der Waals surface area contributed by atoms with Crippen molar-refractivity contribution in [3.63, 3.8) is 0 Å². The summed E-state index contributed by atoms with van der Waals surface area (Å²) in [5.74, 6) is 1.77. The summed E-state index contributed by atoms with van der Waals surface area (Å²) in [4.78, 5) is 9.99. The van der Waals surface area contributed by atoms with Crippen LogP contribution in [0.25, 0.3) is 0 Å². The van der Waals surface area contributed by atoms with Crippen molar-refractivity contribution in [3.05, 3.63) is 76.6 Å². The molecule has 2 aliphatic rings. The van der Waals surface area contributed by atoms with Crippen molar-refractivity contribution in [1.82, 2.24) is 10.4 Å². The fourth-order valence-electron chi connectivity index (χ4n) is 3.57. The van der Waals surface area contributed by atoms with Gasteiger partial charge < -0.3 is 14.2 Å². The van der Waals surface area contributed by atoms with E-state index in [1.54, 1.807) is 20.3 Å². The molecule has 2 aromatic rings. The molecule has 0 bridgehead atoms. The lowest BCUT2D eigenvalue weighted by Crippen LogP contribution is -2.35. The molecule has 0 saturated carbocycles. The first-order valence-corrected chi connectivity index (χ1v) is 10.5. The van der Waals surface area contributed by atoms with Gasteiger partial charge in [-0.15, -0.1) is 6.58 Å². The maximum atomic E-state index is 6.59. The van der Waals surface area contributed by atoms with Crippen LogP contribution in [0.2, 0.25) is 5.02 Å². The standard InChI is InChI=1S/C24H25ClN4O3/c1-6-11-29-24-22(14(2)28-29)27-23(16-9-7-8-10-18(16)25)17-12-21(32-15(3)30-4)20(31-5)13-19(17)26-24/h6-10,12-13,15,28H,1,11H2,2-5H3. The molecular formula is C24H25ClN4O3. The molecule has 7 nitrogen and oxygen atoms in total. The molecule has 8 heteroatoms. The molecular weight excluding hydrogens is 428 g/mol. The summed E-state index contributed by atoms with van der Waals surface area (Å²) in [6, 6.07) is 11.3. The van der Waals surface area contributed by atoms with Crippen LogP contribution < -0.4 is 14.9 Å². The van der Waals surface area contributed by atoms with Crippen LogP contribution in [0.1, 0.15) is 25.0 Å². The Labute approximate surface area is 192 Å². The monoisotopic (exact) mass is 452 g/mol. The van der Waals surface area contributed by atoms with Gasteiger partial charge in [0.1, 0.15) is 5.70 Å². The Morgan fingerprint density at radius 2 is 1.94 bits per heavy atom. The highest BCUT2D eigenvalue weighted by atomic mass is 35.5. The molecule has 0 aliphatic carbocycles. The Hall–Kier alpha value is -3.29. The van der Waals surface area contributed by atoms with E-state index in [9.17, 15) is 0 Å². The number of allylic oxidation sites excluding steroid dienone is 1. The smallest absolute Gasteiger partial charge is 0.196 e. The zero-order valence-electron chi connectivity index (χ0n) is 18.5. The van der Waals surface area contributed by atoms with Crippen LogP contribution in [0.3, 0.4) is 0 Å². The van der Waals surface area contributed by atoms with Gasteiger partial charge in [0.25, 0.3) is 0 Å². The minimum atomic E-state index is -0.462. The van der Waals surface area contributed by atoms with Gasteiger partial charge >= 0.3 is 0 Å². The molecule has 32 heavy (non-hydrogen) atoms. The Bertz CT molecular complexity index is 1160. The summed E-state index contributed by atoms with van der Waals surface area (Å²) in [5.41, 5.74) is 7.90. The van der Waals surface area contributed by atoms with Gasteiger partial charge in [0.15, 0.2) is 23.6 Å². The Morgan fingerprint density at radius 1 is 1.16 bits per heavy atom. The van der Waals surface area contributed by atoms with Gasteiger partial charge in [-0.2, -0.15) is 0 Å². The zero-order valence-corrected chi connectivity index (χ0v) is 19.2. The summed E-state index contributed by atoms with van der Waals surface area (Å²) in [6.45, 7) is 8.19. The normalized spacial score (nSPS) is 15.7. The van der Waals surface area contributed by atoms with Gasteiger partial charge in [0, 0.05) is 29.3 Å². The number of hydrogen-bond donors (Lipinski definition) is 1. The molecule has 0 radical (unpaired) electrons. The van der Waals surface area contributed by atoms with Gasteiger partial charge in [0.2, 0.25) is 0 Å². The number of rotatable bonds is 7. The van der Waals surface area contributed by atoms with Crippen molar-refractivity contribution >= 4 is 28.8 Å². The van der Waals surface area contributed by atoms with E-state index in [0.717, 1.165) is 22.5 Å². The molecule has 2 aromatic carbocycles. The Balaban J connectivity index is 1.98. The SMILES string of the molecule is C=CCN1NC(C)=C2N=C(c3ccccc3Cl)c3cc(OC(C)OC)c(OC)cc3N=C21. The fraction of sp³-hybridized carbons (Fsp3) is 0.250. The predicted molar refractivity (Wildman–Crippen MR) is 127 cm³/mol. The van der Waals surface area contributed by atoms with Crippen molar-refractivity contribution in [2.75, 3.05) is 20.8 Å². The molecule has 0 saturated heterocycles. The maximum absolute atomic E-state index is 6.59. The van der Waals surface area contributed by atoms with E-state index in [2.05, 4.69) is 12.0 Å². The third-order valence-electron chi connectivity index (χ3n) is 5.18. The highest BCUT2D eigenvalue weighted by Crippen LogP contribution is 2.40. The molecule has 1 unspecified atom stereocenters. The third-order valence-corrected chi connectivity index (χ3v) is 5.51. The number of hydrazine groups is 1. The van der Waals surface area contributed by atoms with E-state index in [1.165, 1.54) is 0 Å². The third kappa shape index (κ3) is 3.97. The number of fused-ring (bicyclic) bond motifs is 2. The minimum Gasteiger partial charge on any atom is -0.493 e. The predicted octanol–water partition coefficient (Wildman–Crippen LogP) is 4.84. The van der Waals surface area contributed by atoms with Crippen LogP contribution in [0.15, 0.2) is 70.4 Å². The van der Waals surface area contributed by atoms with Crippen LogP contribution in [-0.4, -0.2) is 43.6 Å². The molecule has 1 atom stereocenters. The number of nitrogens with zero attached hydrogens (tertiary/aromatic N) is 3. The number of amidine groups is 1. The maximum Gasteiger partial charge on any atom is 0.196 e. The average Bonchev–Trinajstić information content (AvgIpc) is 2.97. The molecule has 4 rings (SSSR count). The largest absolute Gasteiger partial charge is 0.493 e. The summed E-state index contributed by atoms with van der Waals surface area (Å²) < 4.78 is 16.8. The van der Waals surface area contributed by atoms with Gasteiger partial charge in [-0.1, -0.05) is 35.9 Å². The Kier molecular flexibility index (Phi) is 6.21. The van der Waals surface area contributed by atoms with Gasteiger partial charge in [-0.05, 0) is 26.0 Å². The summed E-state index contributed by atoms with van der Waals surface area (Å²) in [7, 11) is 3.18. The van der Waals surface area contributed by atoms with Crippen LogP contribution in [0.5, 0.6) is 11.5 Å². The Morgan fingerprint density at radius 3 is 2.62 bits per heavy atom. The van der Waals surface area contributed by atoms with Gasteiger partial charge in [-0.25, -0.2) is 9.98 Å². The number of hydrogen-bond acceptors (Lipinski definition) is 7. The second-order valence-electron chi connectivity index (χ2n) is 7.30. The van der Waals surface area contributed by atoms with Crippen LogP contribution in [0, 0.1) is 0 Å². The van der Waals surface area contributed by atoms with Gasteiger partial charge in [-0.3, -0.25) is 10.4 Å². The molecule has 0 spiro atoms. The minimum absolute atomic E-state index is 0.462. The van der Waals surface area contributed by atoms with Crippen molar-refractivity contribution < 1.29 is 14.2 Å². The molecule has 0 aromatic heterocycles. The van der Waals surface area contributed by atoms with Crippen molar-refractivity contribution in [2.24, 2.45) is 9.98 Å². The van der Waals surface area contributed by atoms with E-state index >= 15 is 0 Å². The number of halogens is 1. The van der Waals surface area contributed by atoms with E-state index in [1.807, 2.05) is 55.3 Å². The van der Waals surface area contributed by atoms with E-state index in [0.29, 0.717) is 40.3 Å². The fourth-order valence-corrected chi connectivity index (χ4v) is 3.79. The molecule has 0 fully saturated rings. The van der Waals surface area contributed by atoms with Crippen LogP contribution in [-0.2, 0) is 4.74 Å². The lowest BCUT2D eigenvalue weighted by Gasteiger charge is -2.19. The highest BCUT2D eigenvalue weighted by molar-refractivity contribution is 6.36. The number of ether oxygens (including phenoxy) is 3. The molecule has 2 heterocycles. The first kappa shape index (κ1) is 21.9. The topological polar surface area (TPSA) is 67.7 Å². The van der Waals surface area contributed by atoms with Crippen molar-refractivity contribution in [1.29, 1.82) is 0 Å². The number of benzene rings is 2. The number of aliphatic imine (C=N–C) groups is 2. The van der Waals surface area contributed by atoms with Crippen molar-refractivity contribution in [2.45, 2.75) is 20.1 Å². The lowest BCUT2D eigenvalue weighted by atomic mass is 9.99. The molecule has 166 valence electrons.